The van der Waals surface area contributed by atoms with Crippen molar-refractivity contribution in [1.82, 2.24) is 15.4 Å². The molecule has 1 aliphatic heterocycles. The van der Waals surface area contributed by atoms with Crippen molar-refractivity contribution in [1.29, 1.82) is 0 Å². The van der Waals surface area contributed by atoms with E-state index in [9.17, 15) is 8.42 Å². The monoisotopic (exact) mass is 462 g/mol. The van der Waals surface area contributed by atoms with Gasteiger partial charge in [-0.3, -0.25) is 4.99 Å². The topological polar surface area (TPSA) is 91.8 Å². The van der Waals surface area contributed by atoms with Gasteiger partial charge < -0.3 is 15.4 Å². The Morgan fingerprint density at radius 1 is 1.26 bits per heavy atom. The number of hydrogen-bond donors (Lipinski definition) is 3. The SMILES string of the molecule is CCNC(=NCC1(C)CCCO1)NCCCNS(=O)(=O)CC.I. The zero-order valence-corrected chi connectivity index (χ0v) is 17.5. The van der Waals surface area contributed by atoms with Crippen molar-refractivity contribution < 1.29 is 13.2 Å². The fourth-order valence-corrected chi connectivity index (χ4v) is 2.83. The molecule has 1 rings (SSSR count). The number of hydrogen-bond acceptors (Lipinski definition) is 4. The van der Waals surface area contributed by atoms with Crippen LogP contribution in [0.4, 0.5) is 0 Å². The van der Waals surface area contributed by atoms with Gasteiger partial charge in [0.05, 0.1) is 17.9 Å². The predicted octanol–water partition coefficient (Wildman–Crippen LogP) is 1.06. The van der Waals surface area contributed by atoms with Crippen LogP contribution in [-0.4, -0.2) is 58.5 Å². The molecule has 138 valence electrons. The molecule has 1 heterocycles. The lowest BCUT2D eigenvalue weighted by Gasteiger charge is -2.21. The smallest absolute Gasteiger partial charge is 0.211 e. The molecule has 0 aromatic carbocycles. The average molecular weight is 462 g/mol. The maximum atomic E-state index is 11.3. The Morgan fingerprint density at radius 3 is 2.57 bits per heavy atom. The van der Waals surface area contributed by atoms with Gasteiger partial charge in [-0.15, -0.1) is 24.0 Å². The number of aliphatic imine (C=N–C) groups is 1. The number of halogens is 1. The minimum Gasteiger partial charge on any atom is -0.373 e. The van der Waals surface area contributed by atoms with E-state index in [2.05, 4.69) is 27.3 Å². The van der Waals surface area contributed by atoms with Gasteiger partial charge in [-0.1, -0.05) is 0 Å². The largest absolute Gasteiger partial charge is 0.373 e. The third kappa shape index (κ3) is 9.68. The van der Waals surface area contributed by atoms with Gasteiger partial charge in [-0.05, 0) is 40.0 Å². The Labute approximate surface area is 157 Å². The highest BCUT2D eigenvalue weighted by atomic mass is 127. The van der Waals surface area contributed by atoms with E-state index in [1.165, 1.54) is 0 Å². The number of nitrogens with one attached hydrogen (secondary N) is 3. The second-order valence-corrected chi connectivity index (χ2v) is 7.77. The third-order valence-corrected chi connectivity index (χ3v) is 4.97. The second-order valence-electron chi connectivity index (χ2n) is 5.68. The first-order valence-corrected chi connectivity index (χ1v) is 9.69. The molecule has 0 aromatic heterocycles. The molecule has 23 heavy (non-hydrogen) atoms. The van der Waals surface area contributed by atoms with Crippen LogP contribution in [0.2, 0.25) is 0 Å². The van der Waals surface area contributed by atoms with Crippen LogP contribution >= 0.6 is 24.0 Å². The van der Waals surface area contributed by atoms with Gasteiger partial charge in [0.25, 0.3) is 0 Å². The van der Waals surface area contributed by atoms with Crippen molar-refractivity contribution in [2.45, 2.75) is 45.6 Å². The van der Waals surface area contributed by atoms with Gasteiger partial charge in [-0.25, -0.2) is 13.1 Å². The average Bonchev–Trinajstić information content (AvgIpc) is 2.91. The molecule has 1 unspecified atom stereocenters. The molecule has 1 fully saturated rings. The van der Waals surface area contributed by atoms with E-state index >= 15 is 0 Å². The first kappa shape index (κ1) is 22.9. The minimum absolute atomic E-state index is 0. The highest BCUT2D eigenvalue weighted by molar-refractivity contribution is 14.0. The molecule has 1 atom stereocenters. The Balaban J connectivity index is 0.00000484. The number of guanidine groups is 1. The molecule has 0 radical (unpaired) electrons. The number of ether oxygens (including phenoxy) is 1. The maximum absolute atomic E-state index is 11.3. The lowest BCUT2D eigenvalue weighted by molar-refractivity contribution is 0.0283. The molecule has 1 aliphatic rings. The minimum atomic E-state index is -3.10. The van der Waals surface area contributed by atoms with Crippen LogP contribution in [0.15, 0.2) is 4.99 Å². The molecule has 0 aliphatic carbocycles. The Bertz CT molecular complexity index is 451. The van der Waals surface area contributed by atoms with E-state index in [0.29, 0.717) is 26.1 Å². The highest BCUT2D eigenvalue weighted by Gasteiger charge is 2.29. The summed E-state index contributed by atoms with van der Waals surface area (Å²) in [6.07, 6.45) is 2.83. The molecule has 1 saturated heterocycles. The molecule has 7 nitrogen and oxygen atoms in total. The van der Waals surface area contributed by atoms with E-state index in [-0.39, 0.29) is 35.3 Å². The normalized spacial score (nSPS) is 21.8. The summed E-state index contributed by atoms with van der Waals surface area (Å²) in [4.78, 5) is 4.56. The van der Waals surface area contributed by atoms with Crippen LogP contribution in [-0.2, 0) is 14.8 Å². The van der Waals surface area contributed by atoms with Gasteiger partial charge in [0.2, 0.25) is 10.0 Å². The van der Waals surface area contributed by atoms with Crippen molar-refractivity contribution in [3.8, 4) is 0 Å². The van der Waals surface area contributed by atoms with Gasteiger partial charge in [0.15, 0.2) is 5.96 Å². The van der Waals surface area contributed by atoms with Crippen molar-refractivity contribution in [2.75, 3.05) is 38.5 Å². The summed E-state index contributed by atoms with van der Waals surface area (Å²) in [6, 6.07) is 0. The molecular formula is C14H31IN4O3S. The maximum Gasteiger partial charge on any atom is 0.211 e. The van der Waals surface area contributed by atoms with Crippen molar-refractivity contribution in [3.63, 3.8) is 0 Å². The van der Waals surface area contributed by atoms with Gasteiger partial charge in [-0.2, -0.15) is 0 Å². The van der Waals surface area contributed by atoms with E-state index in [1.54, 1.807) is 6.92 Å². The van der Waals surface area contributed by atoms with E-state index in [4.69, 9.17) is 4.74 Å². The van der Waals surface area contributed by atoms with Crippen molar-refractivity contribution in [3.05, 3.63) is 0 Å². The lowest BCUT2D eigenvalue weighted by atomic mass is 10.0. The zero-order valence-electron chi connectivity index (χ0n) is 14.4. The quantitative estimate of drug-likeness (QED) is 0.206. The molecule has 0 spiro atoms. The molecule has 3 N–H and O–H groups in total. The molecular weight excluding hydrogens is 431 g/mol. The van der Waals surface area contributed by atoms with Gasteiger partial charge in [0, 0.05) is 26.2 Å². The number of sulfonamides is 1. The predicted molar refractivity (Wildman–Crippen MR) is 105 cm³/mol. The fraction of sp³-hybridized carbons (Fsp3) is 0.929. The summed E-state index contributed by atoms with van der Waals surface area (Å²) >= 11 is 0. The van der Waals surface area contributed by atoms with E-state index in [0.717, 1.165) is 32.0 Å². The summed E-state index contributed by atoms with van der Waals surface area (Å²) in [7, 11) is -3.10. The summed E-state index contributed by atoms with van der Waals surface area (Å²) in [5, 5.41) is 6.40. The van der Waals surface area contributed by atoms with E-state index < -0.39 is 10.0 Å². The highest BCUT2D eigenvalue weighted by Crippen LogP contribution is 2.24. The van der Waals surface area contributed by atoms with Crippen LogP contribution in [0, 0.1) is 0 Å². The van der Waals surface area contributed by atoms with Crippen LogP contribution in [0.1, 0.15) is 40.0 Å². The summed E-state index contributed by atoms with van der Waals surface area (Å²) < 4.78 is 30.9. The molecule has 0 bridgehead atoms. The van der Waals surface area contributed by atoms with E-state index in [1.807, 2.05) is 6.92 Å². The number of nitrogens with zero attached hydrogens (tertiary/aromatic N) is 1. The van der Waals surface area contributed by atoms with Gasteiger partial charge >= 0.3 is 0 Å². The Morgan fingerprint density at radius 2 is 2.00 bits per heavy atom. The third-order valence-electron chi connectivity index (χ3n) is 3.56. The van der Waals surface area contributed by atoms with Crippen LogP contribution in [0.3, 0.4) is 0 Å². The Hall–Kier alpha value is -0.130. The van der Waals surface area contributed by atoms with Crippen LogP contribution in [0.5, 0.6) is 0 Å². The zero-order chi connectivity index (χ0) is 16.5. The van der Waals surface area contributed by atoms with Crippen molar-refractivity contribution >= 4 is 40.0 Å². The summed E-state index contributed by atoms with van der Waals surface area (Å²) in [5.74, 6) is 0.862. The first-order chi connectivity index (χ1) is 10.4. The Kier molecular flexibility index (Phi) is 11.4. The second kappa shape index (κ2) is 11.4. The fourth-order valence-electron chi connectivity index (χ4n) is 2.17. The van der Waals surface area contributed by atoms with Crippen LogP contribution < -0.4 is 15.4 Å². The summed E-state index contributed by atoms with van der Waals surface area (Å²) in [5.41, 5.74) is -0.154. The number of rotatable bonds is 9. The van der Waals surface area contributed by atoms with Gasteiger partial charge in [0.1, 0.15) is 0 Å². The van der Waals surface area contributed by atoms with Crippen molar-refractivity contribution in [2.24, 2.45) is 4.99 Å². The summed E-state index contributed by atoms with van der Waals surface area (Å²) in [6.45, 7) is 9.05. The molecule has 0 saturated carbocycles. The first-order valence-electron chi connectivity index (χ1n) is 8.04. The lowest BCUT2D eigenvalue weighted by Crippen LogP contribution is -2.40. The van der Waals surface area contributed by atoms with Crippen LogP contribution in [0.25, 0.3) is 0 Å². The molecule has 0 aromatic rings. The molecule has 0 amide bonds. The standard InChI is InChI=1S/C14H30N4O3S.HI/c1-4-15-13(17-12-14(3)8-6-11-21-14)16-9-7-10-18-22(19,20)5-2;/h18H,4-12H2,1-3H3,(H2,15,16,17);1H. The molecule has 9 heteroatoms.